The molecule has 1 aliphatic heterocycles. The lowest BCUT2D eigenvalue weighted by atomic mass is 10.0. The number of anilines is 1. The molecule has 29 heavy (non-hydrogen) atoms. The quantitative estimate of drug-likeness (QED) is 0.562. The van der Waals surface area contributed by atoms with Crippen LogP contribution in [0.2, 0.25) is 0 Å². The van der Waals surface area contributed by atoms with Gasteiger partial charge < -0.3 is 10.1 Å². The maximum atomic E-state index is 13.5. The minimum Gasteiger partial charge on any atom is -0.453 e. The van der Waals surface area contributed by atoms with E-state index in [0.29, 0.717) is 18.7 Å². The first kappa shape index (κ1) is 20.8. The van der Waals surface area contributed by atoms with E-state index in [0.717, 1.165) is 23.3 Å². The van der Waals surface area contributed by atoms with E-state index in [2.05, 4.69) is 27.8 Å². The number of alkyl carbamates (subject to hydrolysis) is 1. The lowest BCUT2D eigenvalue weighted by Gasteiger charge is -2.24. The highest BCUT2D eigenvalue weighted by atomic mass is 32.1. The van der Waals surface area contributed by atoms with Crippen molar-refractivity contribution in [1.82, 2.24) is 5.32 Å². The van der Waals surface area contributed by atoms with Gasteiger partial charge in [0.1, 0.15) is 0 Å². The third kappa shape index (κ3) is 5.11. The molecule has 0 saturated heterocycles. The zero-order chi connectivity index (χ0) is 21.0. The lowest BCUT2D eigenvalue weighted by molar-refractivity contribution is 0.170. The van der Waals surface area contributed by atoms with Gasteiger partial charge >= 0.3 is 6.09 Å². The Morgan fingerprint density at radius 3 is 2.59 bits per heavy atom. The highest BCUT2D eigenvalue weighted by molar-refractivity contribution is 7.82. The number of hydrazone groups is 1. The van der Waals surface area contributed by atoms with Crippen LogP contribution in [0.5, 0.6) is 0 Å². The number of rotatable bonds is 5. The fraction of sp³-hybridized carbons (Fsp3) is 0.200. The van der Waals surface area contributed by atoms with Gasteiger partial charge in [-0.2, -0.15) is 17.7 Å². The van der Waals surface area contributed by atoms with Gasteiger partial charge in [-0.05, 0) is 17.2 Å². The van der Waals surface area contributed by atoms with Gasteiger partial charge in [-0.3, -0.25) is 0 Å². The van der Waals surface area contributed by atoms with E-state index in [9.17, 15) is 18.0 Å². The molecule has 1 unspecified atom stereocenters. The molecule has 2 aromatic rings. The van der Waals surface area contributed by atoms with Crippen LogP contribution in [-0.2, 0) is 17.7 Å². The molecule has 1 heterocycles. The summed E-state index contributed by atoms with van der Waals surface area (Å²) in [6.07, 6.45) is 3.13. The molecule has 1 N–H and O–H groups in total. The smallest absolute Gasteiger partial charge is 0.407 e. The second-order valence-corrected chi connectivity index (χ2v) is 6.84. The van der Waals surface area contributed by atoms with Crippen LogP contribution in [-0.4, -0.2) is 24.2 Å². The molecule has 5 nitrogen and oxygen atoms in total. The number of amides is 1. The molecule has 1 aliphatic rings. The first-order chi connectivity index (χ1) is 13.9. The van der Waals surface area contributed by atoms with E-state index in [1.54, 1.807) is 6.08 Å². The molecule has 0 saturated carbocycles. The Kier molecular flexibility index (Phi) is 6.48. The molecule has 0 bridgehead atoms. The Bertz CT molecular complexity index is 958. The van der Waals surface area contributed by atoms with Crippen LogP contribution < -0.4 is 10.3 Å². The van der Waals surface area contributed by atoms with Crippen molar-refractivity contribution in [2.45, 2.75) is 18.2 Å². The number of ether oxygens (including phenoxy) is 1. The molecule has 0 fully saturated rings. The molecule has 152 valence electrons. The minimum absolute atomic E-state index is 0.0615. The Morgan fingerprint density at radius 1 is 1.21 bits per heavy atom. The van der Waals surface area contributed by atoms with Crippen LogP contribution in [0.3, 0.4) is 0 Å². The fourth-order valence-electron chi connectivity index (χ4n) is 2.77. The van der Waals surface area contributed by atoms with Crippen molar-refractivity contribution in [2.75, 3.05) is 12.1 Å². The SMILES string of the molecule is COC(=O)NCc1cccc(CC2=NN(c3cc(F)c(F)c(F)c3)C=CC2S)c1. The number of halogens is 3. The van der Waals surface area contributed by atoms with Crippen LogP contribution in [0, 0.1) is 17.5 Å². The summed E-state index contributed by atoms with van der Waals surface area (Å²) < 4.78 is 44.8. The highest BCUT2D eigenvalue weighted by Crippen LogP contribution is 2.25. The largest absolute Gasteiger partial charge is 0.453 e. The van der Waals surface area contributed by atoms with Gasteiger partial charge in [0.05, 0.1) is 23.8 Å². The number of methoxy groups -OCH3 is 1. The van der Waals surface area contributed by atoms with Gasteiger partial charge in [-0.1, -0.05) is 24.3 Å². The molecule has 1 atom stereocenters. The number of carbonyl (C=O) groups is 1. The number of benzene rings is 2. The number of nitrogens with zero attached hydrogens (tertiary/aromatic N) is 2. The van der Waals surface area contributed by atoms with Gasteiger partial charge in [0.2, 0.25) is 0 Å². The number of thiol groups is 1. The van der Waals surface area contributed by atoms with E-state index in [1.165, 1.54) is 18.3 Å². The Labute approximate surface area is 171 Å². The summed E-state index contributed by atoms with van der Waals surface area (Å²) in [5.41, 5.74) is 2.49. The third-order valence-electron chi connectivity index (χ3n) is 4.22. The molecule has 3 rings (SSSR count). The number of nitrogens with one attached hydrogen (secondary N) is 1. The Hall–Kier alpha value is -2.94. The summed E-state index contributed by atoms with van der Waals surface area (Å²) in [5.74, 6) is -4.10. The molecular weight excluding hydrogens is 403 g/mol. The predicted octanol–water partition coefficient (Wildman–Crippen LogP) is 4.19. The van der Waals surface area contributed by atoms with Crippen molar-refractivity contribution in [3.63, 3.8) is 0 Å². The summed E-state index contributed by atoms with van der Waals surface area (Å²) in [4.78, 5) is 11.2. The first-order valence-corrected chi connectivity index (χ1v) is 9.16. The monoisotopic (exact) mass is 421 g/mol. The molecule has 9 heteroatoms. The van der Waals surface area contributed by atoms with Crippen LogP contribution in [0.4, 0.5) is 23.7 Å². The zero-order valence-electron chi connectivity index (χ0n) is 15.4. The standard InChI is InChI=1S/C20H18F3N3O2S/c1-28-20(27)24-11-13-4-2-3-12(7-13)8-17-18(29)5-6-26(25-17)14-9-15(21)19(23)16(22)10-14/h2-7,9-10,18,29H,8,11H2,1H3,(H,24,27). The van der Waals surface area contributed by atoms with Gasteiger partial charge in [0, 0.05) is 31.3 Å². The van der Waals surface area contributed by atoms with Crippen LogP contribution in [0.1, 0.15) is 11.1 Å². The van der Waals surface area contributed by atoms with Crippen LogP contribution in [0.25, 0.3) is 0 Å². The first-order valence-electron chi connectivity index (χ1n) is 8.64. The van der Waals surface area contributed by atoms with Crippen molar-refractivity contribution in [3.05, 3.63) is 77.3 Å². The van der Waals surface area contributed by atoms with Crippen molar-refractivity contribution in [1.29, 1.82) is 0 Å². The number of hydrogen-bond donors (Lipinski definition) is 2. The second-order valence-electron chi connectivity index (χ2n) is 6.29. The zero-order valence-corrected chi connectivity index (χ0v) is 16.3. The number of hydrogen-bond acceptors (Lipinski definition) is 5. The summed E-state index contributed by atoms with van der Waals surface area (Å²) in [6.45, 7) is 0.303. The summed E-state index contributed by atoms with van der Waals surface area (Å²) in [6, 6.07) is 9.25. The van der Waals surface area contributed by atoms with Crippen molar-refractivity contribution in [2.24, 2.45) is 5.10 Å². The van der Waals surface area contributed by atoms with Gasteiger partial charge in [0.15, 0.2) is 17.5 Å². The van der Waals surface area contributed by atoms with E-state index >= 15 is 0 Å². The Balaban J connectivity index is 1.79. The predicted molar refractivity (Wildman–Crippen MR) is 108 cm³/mol. The summed E-state index contributed by atoms with van der Waals surface area (Å²) in [7, 11) is 1.29. The molecule has 0 spiro atoms. The Morgan fingerprint density at radius 2 is 1.90 bits per heavy atom. The molecular formula is C20H18F3N3O2S. The maximum absolute atomic E-state index is 13.5. The molecule has 0 aliphatic carbocycles. The van der Waals surface area contributed by atoms with Crippen molar-refractivity contribution in [3.8, 4) is 0 Å². The highest BCUT2D eigenvalue weighted by Gasteiger charge is 2.19. The number of carbonyl (C=O) groups excluding carboxylic acids is 1. The van der Waals surface area contributed by atoms with Crippen LogP contribution in [0.15, 0.2) is 53.8 Å². The fourth-order valence-corrected chi connectivity index (χ4v) is 2.99. The van der Waals surface area contributed by atoms with Gasteiger partial charge in [-0.15, -0.1) is 0 Å². The van der Waals surface area contributed by atoms with E-state index in [4.69, 9.17) is 0 Å². The molecule has 0 aromatic heterocycles. The van der Waals surface area contributed by atoms with Crippen molar-refractivity contribution < 1.29 is 22.7 Å². The minimum atomic E-state index is -1.52. The van der Waals surface area contributed by atoms with Gasteiger partial charge in [-0.25, -0.2) is 23.0 Å². The topological polar surface area (TPSA) is 53.9 Å². The van der Waals surface area contributed by atoms with Gasteiger partial charge in [0.25, 0.3) is 0 Å². The average Bonchev–Trinajstić information content (AvgIpc) is 2.71. The van der Waals surface area contributed by atoms with E-state index in [1.807, 2.05) is 24.3 Å². The normalized spacial score (nSPS) is 15.8. The molecule has 2 aromatic carbocycles. The van der Waals surface area contributed by atoms with E-state index < -0.39 is 23.5 Å². The lowest BCUT2D eigenvalue weighted by Crippen LogP contribution is -2.26. The second kappa shape index (κ2) is 9.04. The third-order valence-corrected chi connectivity index (χ3v) is 4.69. The summed E-state index contributed by atoms with van der Waals surface area (Å²) >= 11 is 4.48. The summed E-state index contributed by atoms with van der Waals surface area (Å²) in [5, 5.41) is 7.98. The molecule has 0 radical (unpaired) electrons. The van der Waals surface area contributed by atoms with E-state index in [-0.39, 0.29) is 10.9 Å². The average molecular weight is 421 g/mol. The van der Waals surface area contributed by atoms with Crippen LogP contribution >= 0.6 is 12.6 Å². The molecule has 1 amide bonds. The maximum Gasteiger partial charge on any atom is 0.407 e. The van der Waals surface area contributed by atoms with Crippen molar-refractivity contribution >= 4 is 30.1 Å².